The zero-order valence-corrected chi connectivity index (χ0v) is 17.5. The Kier molecular flexibility index (Phi) is 3.09. The smallest absolute Gasteiger partial charge is 0.155 e. The van der Waals surface area contributed by atoms with Gasteiger partial charge in [-0.05, 0) is 36.3 Å². The maximum Gasteiger partial charge on any atom is 0.155 e. The summed E-state index contributed by atoms with van der Waals surface area (Å²) in [6.45, 7) is 2.08. The molecule has 0 amide bonds. The number of hydrogen-bond donors (Lipinski definition) is 0. The van der Waals surface area contributed by atoms with E-state index in [0.29, 0.717) is 11.7 Å². The monoisotopic (exact) mass is 434 g/mol. The SMILES string of the molecule is C[C@@]12C(=O)[C@@]34CCC[C@@H]3C[C@@]4(Br)C(=O)[C@@H]1C2(c1ccccc1)c1ccccc1. The lowest BCUT2D eigenvalue weighted by molar-refractivity contribution is -0.161. The van der Waals surface area contributed by atoms with Crippen LogP contribution < -0.4 is 0 Å². The molecule has 0 heterocycles. The van der Waals surface area contributed by atoms with Gasteiger partial charge in [0.15, 0.2) is 5.78 Å². The van der Waals surface area contributed by atoms with Gasteiger partial charge in [-0.1, -0.05) is 89.9 Å². The molecule has 2 aromatic rings. The lowest BCUT2D eigenvalue weighted by atomic mass is 9.46. The van der Waals surface area contributed by atoms with E-state index in [0.717, 1.165) is 36.8 Å². The zero-order valence-electron chi connectivity index (χ0n) is 16.0. The fraction of sp³-hybridized carbons (Fsp3) is 0.440. The summed E-state index contributed by atoms with van der Waals surface area (Å²) >= 11 is 3.87. The number of hydrogen-bond acceptors (Lipinski definition) is 2. The van der Waals surface area contributed by atoms with Crippen molar-refractivity contribution in [3.63, 3.8) is 0 Å². The Hall–Kier alpha value is -1.74. The van der Waals surface area contributed by atoms with Crippen molar-refractivity contribution in [2.75, 3.05) is 0 Å². The summed E-state index contributed by atoms with van der Waals surface area (Å²) in [5, 5.41) is 0. The molecule has 0 N–H and O–H groups in total. The molecule has 0 bridgehead atoms. The fourth-order valence-electron chi connectivity index (χ4n) is 7.65. The predicted molar refractivity (Wildman–Crippen MR) is 111 cm³/mol. The maximum atomic E-state index is 14.3. The number of carbonyl (C=O) groups excluding carboxylic acids is 2. The first-order valence-electron chi connectivity index (χ1n) is 10.3. The molecule has 5 atom stereocenters. The standard InChI is InChI=1S/C25H23BrO2/c1-22-19(20(27)24(26)15-18-13-8-14-23(18,24)21(22)28)25(22,16-9-4-2-5-10-16)17-11-6-3-7-12-17/h2-7,9-12,18-19H,8,13-15H2,1H3/t18-,19+,22+,23-,24-/m1/s1. The number of halogens is 1. The summed E-state index contributed by atoms with van der Waals surface area (Å²) in [5.41, 5.74) is 0.495. The first-order chi connectivity index (χ1) is 13.5. The van der Waals surface area contributed by atoms with Crippen molar-refractivity contribution in [2.24, 2.45) is 22.7 Å². The van der Waals surface area contributed by atoms with E-state index < -0.39 is 20.6 Å². The Labute approximate surface area is 173 Å². The van der Waals surface area contributed by atoms with Crippen molar-refractivity contribution in [1.82, 2.24) is 0 Å². The Bertz CT molecular complexity index is 976. The quantitative estimate of drug-likeness (QED) is 0.617. The van der Waals surface area contributed by atoms with Crippen LogP contribution >= 0.6 is 15.9 Å². The molecule has 3 heteroatoms. The van der Waals surface area contributed by atoms with E-state index in [9.17, 15) is 9.59 Å². The molecule has 0 aromatic heterocycles. The van der Waals surface area contributed by atoms with Gasteiger partial charge in [0, 0.05) is 11.3 Å². The first-order valence-corrected chi connectivity index (χ1v) is 11.1. The number of fused-ring (bicyclic) bond motifs is 1. The summed E-state index contributed by atoms with van der Waals surface area (Å²) < 4.78 is -0.645. The fourth-order valence-corrected chi connectivity index (χ4v) is 8.97. The summed E-state index contributed by atoms with van der Waals surface area (Å²) in [7, 11) is 0. The molecular formula is C25H23BrO2. The highest BCUT2D eigenvalue weighted by Gasteiger charge is 2.92. The van der Waals surface area contributed by atoms with E-state index in [1.807, 2.05) is 36.4 Å². The minimum atomic E-state index is -0.660. The minimum absolute atomic E-state index is 0.264. The van der Waals surface area contributed by atoms with Gasteiger partial charge in [0.1, 0.15) is 5.78 Å². The molecule has 4 aliphatic carbocycles. The number of alkyl halides is 1. The van der Waals surface area contributed by atoms with Crippen LogP contribution in [0, 0.1) is 22.7 Å². The third kappa shape index (κ3) is 1.48. The molecule has 28 heavy (non-hydrogen) atoms. The maximum absolute atomic E-state index is 14.3. The zero-order chi connectivity index (χ0) is 19.4. The van der Waals surface area contributed by atoms with Crippen molar-refractivity contribution in [3.05, 3.63) is 71.8 Å². The second kappa shape index (κ2) is 5.05. The summed E-state index contributed by atoms with van der Waals surface area (Å²) in [6.07, 6.45) is 3.82. The van der Waals surface area contributed by atoms with Crippen LogP contribution in [0.15, 0.2) is 60.7 Å². The van der Waals surface area contributed by atoms with Gasteiger partial charge in [-0.2, -0.15) is 0 Å². The van der Waals surface area contributed by atoms with E-state index in [1.54, 1.807) is 0 Å². The molecule has 0 aliphatic heterocycles. The van der Waals surface area contributed by atoms with Gasteiger partial charge in [0.2, 0.25) is 0 Å². The lowest BCUT2D eigenvalue weighted by Gasteiger charge is -2.60. The van der Waals surface area contributed by atoms with E-state index in [1.165, 1.54) is 0 Å². The largest absolute Gasteiger partial charge is 0.298 e. The van der Waals surface area contributed by atoms with Gasteiger partial charge in [-0.25, -0.2) is 0 Å². The van der Waals surface area contributed by atoms with Crippen molar-refractivity contribution < 1.29 is 9.59 Å². The number of benzene rings is 2. The van der Waals surface area contributed by atoms with Gasteiger partial charge in [0.25, 0.3) is 0 Å². The topological polar surface area (TPSA) is 34.1 Å². The number of carbonyl (C=O) groups is 2. The molecule has 4 fully saturated rings. The normalized spacial score (nSPS) is 42.2. The Balaban J connectivity index is 1.64. The molecule has 2 aromatic carbocycles. The third-order valence-corrected chi connectivity index (χ3v) is 10.2. The molecule has 0 unspecified atom stereocenters. The number of rotatable bonds is 2. The van der Waals surface area contributed by atoms with Crippen molar-refractivity contribution in [3.8, 4) is 0 Å². The third-order valence-electron chi connectivity index (χ3n) is 8.79. The van der Waals surface area contributed by atoms with Gasteiger partial charge >= 0.3 is 0 Å². The lowest BCUT2D eigenvalue weighted by Crippen LogP contribution is -2.70. The molecule has 4 aliphatic rings. The second-order valence-electron chi connectivity index (χ2n) is 9.43. The van der Waals surface area contributed by atoms with Crippen LogP contribution in [0.2, 0.25) is 0 Å². The van der Waals surface area contributed by atoms with Crippen LogP contribution in [0.25, 0.3) is 0 Å². The number of ketones is 2. The average molecular weight is 435 g/mol. The summed E-state index contributed by atoms with van der Waals surface area (Å²) in [6, 6.07) is 20.5. The number of Topliss-reactive ketones (excluding diaryl/α,β-unsaturated/α-hetero) is 2. The Morgan fingerprint density at radius 2 is 1.50 bits per heavy atom. The summed E-state index contributed by atoms with van der Waals surface area (Å²) in [5.74, 6) is 0.679. The molecule has 1 spiro atoms. The minimum Gasteiger partial charge on any atom is -0.298 e. The molecule has 4 saturated carbocycles. The Morgan fingerprint density at radius 3 is 2.04 bits per heavy atom. The van der Waals surface area contributed by atoms with Crippen LogP contribution in [0.1, 0.15) is 43.7 Å². The van der Waals surface area contributed by atoms with Crippen LogP contribution in [0.5, 0.6) is 0 Å². The molecule has 142 valence electrons. The van der Waals surface area contributed by atoms with Gasteiger partial charge < -0.3 is 0 Å². The Morgan fingerprint density at radius 1 is 0.929 bits per heavy atom. The van der Waals surface area contributed by atoms with E-state index in [2.05, 4.69) is 47.1 Å². The van der Waals surface area contributed by atoms with E-state index in [-0.39, 0.29) is 11.7 Å². The highest BCUT2D eigenvalue weighted by Crippen LogP contribution is 2.84. The molecule has 2 nitrogen and oxygen atoms in total. The average Bonchev–Trinajstić information content (AvgIpc) is 3.13. The van der Waals surface area contributed by atoms with Gasteiger partial charge in [-0.3, -0.25) is 9.59 Å². The van der Waals surface area contributed by atoms with Gasteiger partial charge in [-0.15, -0.1) is 0 Å². The van der Waals surface area contributed by atoms with Crippen molar-refractivity contribution in [2.45, 2.75) is 42.3 Å². The van der Waals surface area contributed by atoms with Crippen LogP contribution in [0.4, 0.5) is 0 Å². The van der Waals surface area contributed by atoms with Crippen molar-refractivity contribution >= 4 is 27.5 Å². The predicted octanol–water partition coefficient (Wildman–Crippen LogP) is 5.08. The highest BCUT2D eigenvalue weighted by molar-refractivity contribution is 9.10. The summed E-state index contributed by atoms with van der Waals surface area (Å²) in [4.78, 5) is 28.3. The molecule has 6 rings (SSSR count). The van der Waals surface area contributed by atoms with Crippen LogP contribution in [-0.2, 0) is 15.0 Å². The molecule has 0 saturated heterocycles. The van der Waals surface area contributed by atoms with E-state index in [4.69, 9.17) is 0 Å². The first kappa shape index (κ1) is 17.1. The van der Waals surface area contributed by atoms with Gasteiger partial charge in [0.05, 0.1) is 15.2 Å². The molecule has 0 radical (unpaired) electrons. The molecular weight excluding hydrogens is 412 g/mol. The van der Waals surface area contributed by atoms with Crippen LogP contribution in [0.3, 0.4) is 0 Å². The van der Waals surface area contributed by atoms with Crippen molar-refractivity contribution in [1.29, 1.82) is 0 Å². The highest BCUT2D eigenvalue weighted by atomic mass is 79.9. The van der Waals surface area contributed by atoms with E-state index >= 15 is 0 Å². The van der Waals surface area contributed by atoms with Crippen LogP contribution in [-0.4, -0.2) is 15.9 Å². The second-order valence-corrected chi connectivity index (χ2v) is 10.8.